The van der Waals surface area contributed by atoms with E-state index in [1.54, 1.807) is 22.2 Å². The van der Waals surface area contributed by atoms with E-state index in [0.29, 0.717) is 36.5 Å². The van der Waals surface area contributed by atoms with Crippen molar-refractivity contribution in [2.45, 2.75) is 102 Å². The van der Waals surface area contributed by atoms with Crippen molar-refractivity contribution < 1.29 is 19.7 Å². The van der Waals surface area contributed by atoms with Crippen LogP contribution >= 0.6 is 0 Å². The Morgan fingerprint density at radius 2 is 1.77 bits per heavy atom. The molecular formula is C31H44N8O4. The van der Waals surface area contributed by atoms with Crippen LogP contribution in [-0.4, -0.2) is 90.2 Å². The number of aromatic nitrogens is 4. The number of nitrogens with zero attached hydrogens (tertiary/aromatic N) is 7. The summed E-state index contributed by atoms with van der Waals surface area (Å²) < 4.78 is 8.03. The quantitative estimate of drug-likeness (QED) is 0.331. The van der Waals surface area contributed by atoms with Crippen molar-refractivity contribution in [2.75, 3.05) is 30.9 Å². The zero-order valence-corrected chi connectivity index (χ0v) is 25.8. The third-order valence-corrected chi connectivity index (χ3v) is 8.84. The van der Waals surface area contributed by atoms with Crippen molar-refractivity contribution in [1.82, 2.24) is 29.3 Å². The van der Waals surface area contributed by atoms with Gasteiger partial charge in [-0.25, -0.2) is 14.9 Å². The first kappa shape index (κ1) is 29.9. The maximum absolute atomic E-state index is 13.3. The summed E-state index contributed by atoms with van der Waals surface area (Å²) in [5, 5.41) is 25.9. The molecule has 3 N–H and O–H groups in total. The van der Waals surface area contributed by atoms with Gasteiger partial charge in [0.05, 0.1) is 23.2 Å². The molecule has 12 heteroatoms. The largest absolute Gasteiger partial charge is 0.373 e. The number of aliphatic hydroxyl groups excluding tert-OH is 2. The van der Waals surface area contributed by atoms with Gasteiger partial charge in [-0.15, -0.1) is 0 Å². The molecule has 5 heterocycles. The third kappa shape index (κ3) is 6.12. The first-order valence-corrected chi connectivity index (χ1v) is 15.4. The first-order valence-electron chi connectivity index (χ1n) is 15.4. The van der Waals surface area contributed by atoms with Crippen LogP contribution in [0, 0.1) is 0 Å². The molecule has 2 saturated heterocycles. The van der Waals surface area contributed by atoms with Crippen molar-refractivity contribution in [3.63, 3.8) is 0 Å². The van der Waals surface area contributed by atoms with E-state index in [2.05, 4.69) is 19.9 Å². The van der Waals surface area contributed by atoms with Crippen molar-refractivity contribution in [3.8, 4) is 0 Å². The molecule has 6 rings (SSSR count). The lowest BCUT2D eigenvalue weighted by Gasteiger charge is -2.35. The molecule has 43 heavy (non-hydrogen) atoms. The highest BCUT2D eigenvalue weighted by Crippen LogP contribution is 2.37. The van der Waals surface area contributed by atoms with E-state index in [9.17, 15) is 15.0 Å². The number of pyridine rings is 1. The summed E-state index contributed by atoms with van der Waals surface area (Å²) in [6.45, 7) is 6.21. The highest BCUT2D eigenvalue weighted by Gasteiger charge is 2.44. The van der Waals surface area contributed by atoms with Gasteiger partial charge in [0.2, 0.25) is 18.3 Å². The Balaban J connectivity index is 1.20. The molecular weight excluding hydrogens is 548 g/mol. The van der Waals surface area contributed by atoms with Gasteiger partial charge in [0.25, 0.3) is 0 Å². The fourth-order valence-electron chi connectivity index (χ4n) is 6.82. The fraction of sp³-hybridized carbons (Fsp3) is 0.613. The van der Waals surface area contributed by atoms with Gasteiger partial charge in [-0.3, -0.25) is 9.69 Å². The summed E-state index contributed by atoms with van der Waals surface area (Å²) in [5.41, 5.74) is 1.84. The SMILES string of the molecule is CN(C)C(O)c1cc2cnc(Nc3ccc(N4CC5CCC(CC4=O)N5C(O)OC(C)(C)C)cn3)nc2n1C1CCCC1. The number of amides is 1. The lowest BCUT2D eigenvalue weighted by Crippen LogP contribution is -2.49. The summed E-state index contributed by atoms with van der Waals surface area (Å²) in [4.78, 5) is 32.8. The van der Waals surface area contributed by atoms with E-state index in [0.717, 1.165) is 42.4 Å². The molecule has 0 radical (unpaired) electrons. The highest BCUT2D eigenvalue weighted by atomic mass is 16.6. The number of ether oxygens (including phenoxy) is 1. The van der Waals surface area contributed by atoms with Crippen molar-refractivity contribution >= 4 is 34.4 Å². The molecule has 2 bridgehead atoms. The second-order valence-corrected chi connectivity index (χ2v) is 13.3. The number of hydrogen-bond acceptors (Lipinski definition) is 10. The van der Waals surface area contributed by atoms with Gasteiger partial charge in [0.15, 0.2) is 0 Å². The van der Waals surface area contributed by atoms with E-state index in [1.807, 2.05) is 58.0 Å². The number of hydrogen-bond donors (Lipinski definition) is 3. The van der Waals surface area contributed by atoms with Crippen LogP contribution in [0.1, 0.15) is 83.7 Å². The summed E-state index contributed by atoms with van der Waals surface area (Å²) in [5.74, 6) is 0.998. The normalized spacial score (nSPS) is 23.3. The zero-order chi connectivity index (χ0) is 30.5. The van der Waals surface area contributed by atoms with Gasteiger partial charge in [-0.1, -0.05) is 12.8 Å². The van der Waals surface area contributed by atoms with E-state index >= 15 is 0 Å². The topological polar surface area (TPSA) is 132 Å². The molecule has 0 spiro atoms. The van der Waals surface area contributed by atoms with Crippen molar-refractivity contribution in [1.29, 1.82) is 0 Å². The maximum atomic E-state index is 13.3. The Labute approximate surface area is 252 Å². The van der Waals surface area contributed by atoms with Crippen LogP contribution in [0.25, 0.3) is 11.0 Å². The Morgan fingerprint density at radius 3 is 2.44 bits per heavy atom. The second kappa shape index (κ2) is 11.7. The molecule has 3 aromatic rings. The highest BCUT2D eigenvalue weighted by molar-refractivity contribution is 5.94. The molecule has 0 aromatic carbocycles. The summed E-state index contributed by atoms with van der Waals surface area (Å²) >= 11 is 0. The lowest BCUT2D eigenvalue weighted by atomic mass is 10.1. The summed E-state index contributed by atoms with van der Waals surface area (Å²) in [7, 11) is 3.72. The van der Waals surface area contributed by atoms with Crippen LogP contribution in [0.5, 0.6) is 0 Å². The maximum Gasteiger partial charge on any atom is 0.230 e. The van der Waals surface area contributed by atoms with Gasteiger partial charge in [-0.05, 0) is 78.7 Å². The number of carbonyl (C=O) groups excluding carboxylic acids is 1. The first-order chi connectivity index (χ1) is 20.5. The predicted octanol–water partition coefficient (Wildman–Crippen LogP) is 3.90. The number of aliphatic hydroxyl groups is 2. The molecule has 4 unspecified atom stereocenters. The monoisotopic (exact) mass is 592 g/mol. The van der Waals surface area contributed by atoms with E-state index < -0.39 is 18.2 Å². The van der Waals surface area contributed by atoms with Crippen LogP contribution in [0.4, 0.5) is 17.5 Å². The van der Waals surface area contributed by atoms with E-state index in [1.165, 1.54) is 12.8 Å². The minimum atomic E-state index is -1.05. The standard InChI is InChI=1S/C31H44N8O4/c1-31(2,3)43-30(42)38-21-10-11-23(38)18-37(26(40)15-21)22-12-13-25(32-17-22)34-29-33-16-19-14-24(28(41)36(4)5)39(27(19)35-29)20-8-6-7-9-20/h12-14,16-17,20-21,23,28,30,41-42H,6-11,15,18H2,1-5H3,(H,32,33,34,35). The molecule has 2 aliphatic heterocycles. The number of fused-ring (bicyclic) bond motifs is 3. The van der Waals surface area contributed by atoms with Crippen LogP contribution < -0.4 is 10.2 Å². The smallest absolute Gasteiger partial charge is 0.230 e. The number of nitrogens with one attached hydrogen (secondary N) is 1. The van der Waals surface area contributed by atoms with Crippen LogP contribution in [0.2, 0.25) is 0 Å². The average molecular weight is 593 g/mol. The summed E-state index contributed by atoms with van der Waals surface area (Å²) in [6.07, 6.45) is 8.21. The van der Waals surface area contributed by atoms with Gasteiger partial charge in [-0.2, -0.15) is 4.98 Å². The van der Waals surface area contributed by atoms with Gasteiger partial charge in [0, 0.05) is 42.7 Å². The predicted molar refractivity (Wildman–Crippen MR) is 164 cm³/mol. The minimum Gasteiger partial charge on any atom is -0.373 e. The lowest BCUT2D eigenvalue weighted by molar-refractivity contribution is -0.249. The molecule has 3 fully saturated rings. The number of anilines is 3. The van der Waals surface area contributed by atoms with Crippen LogP contribution in [-0.2, 0) is 9.53 Å². The Kier molecular flexibility index (Phi) is 8.16. The Bertz CT molecular complexity index is 1450. The Hall–Kier alpha value is -3.16. The van der Waals surface area contributed by atoms with Crippen molar-refractivity contribution in [3.05, 3.63) is 36.3 Å². The molecule has 3 aliphatic rings. The molecule has 1 saturated carbocycles. The van der Waals surface area contributed by atoms with Crippen molar-refractivity contribution in [2.24, 2.45) is 0 Å². The van der Waals surface area contributed by atoms with E-state index in [-0.39, 0.29) is 18.0 Å². The van der Waals surface area contributed by atoms with Gasteiger partial charge in [0.1, 0.15) is 17.7 Å². The third-order valence-electron chi connectivity index (χ3n) is 8.84. The van der Waals surface area contributed by atoms with Gasteiger partial charge < -0.3 is 29.7 Å². The van der Waals surface area contributed by atoms with Gasteiger partial charge >= 0.3 is 0 Å². The molecule has 4 atom stereocenters. The average Bonchev–Trinajstić information content (AvgIpc) is 3.67. The summed E-state index contributed by atoms with van der Waals surface area (Å²) in [6, 6.07) is 5.92. The zero-order valence-electron chi connectivity index (χ0n) is 25.8. The molecule has 1 amide bonds. The number of rotatable bonds is 8. The molecule has 12 nitrogen and oxygen atoms in total. The van der Waals surface area contributed by atoms with Crippen LogP contribution in [0.3, 0.4) is 0 Å². The van der Waals surface area contributed by atoms with Crippen LogP contribution in [0.15, 0.2) is 30.6 Å². The minimum absolute atomic E-state index is 0.00116. The number of carbonyl (C=O) groups is 1. The molecule has 232 valence electrons. The molecule has 1 aliphatic carbocycles. The fourth-order valence-corrected chi connectivity index (χ4v) is 6.82. The Morgan fingerprint density at radius 1 is 1.02 bits per heavy atom. The van der Waals surface area contributed by atoms with E-state index in [4.69, 9.17) is 9.72 Å². The molecule has 3 aromatic heterocycles. The second-order valence-electron chi connectivity index (χ2n) is 13.3.